The predicted octanol–water partition coefficient (Wildman–Crippen LogP) is -7.25. The van der Waals surface area contributed by atoms with E-state index in [1.165, 1.54) is 62.3 Å². The van der Waals surface area contributed by atoms with Crippen LogP contribution in [0.3, 0.4) is 0 Å². The molecule has 0 aliphatic carbocycles. The van der Waals surface area contributed by atoms with Gasteiger partial charge in [0, 0.05) is 11.5 Å². The van der Waals surface area contributed by atoms with Crippen molar-refractivity contribution >= 4 is 35.7 Å². The van der Waals surface area contributed by atoms with E-state index in [0.717, 1.165) is 24.7 Å². The molecule has 9 nitrogen and oxygen atoms in total. The van der Waals surface area contributed by atoms with Crippen LogP contribution in [0.15, 0.2) is 11.6 Å². The number of thioether (sulfide) groups is 1. The van der Waals surface area contributed by atoms with Gasteiger partial charge in [0.15, 0.2) is 0 Å². The Morgan fingerprint density at radius 1 is 0.780 bits per heavy atom. The number of amides is 2. The topological polar surface area (TPSA) is 153 Å². The van der Waals surface area contributed by atoms with E-state index in [2.05, 4.69) is 33.0 Å². The number of nitrogens with one attached hydrogen (secondary N) is 1. The molecule has 13 heteroatoms. The average molecular weight is 625 g/mol. The molecule has 3 unspecified atom stereocenters. The number of allylic oxidation sites excluding steroid dienone is 1. The van der Waals surface area contributed by atoms with Crippen molar-refractivity contribution in [1.29, 1.82) is 0 Å². The van der Waals surface area contributed by atoms with Crippen LogP contribution < -0.4 is 109 Å². The molecule has 0 fully saturated rings. The SMILES string of the molecule is C/C(=C\CSCC(NC(=O)N(CC(=O)[O-])CC(=O)[O-])C(=O)[O-])CCCC(C)CCCC(C)CCCC(C)C.[Na+].[Na+].[Na+]. The third-order valence-electron chi connectivity index (χ3n) is 6.48. The summed E-state index contributed by atoms with van der Waals surface area (Å²) in [6.07, 6.45) is 13.1. The zero-order valence-corrected chi connectivity index (χ0v) is 33.6. The molecule has 0 aliphatic rings. The number of hydrogen-bond acceptors (Lipinski definition) is 8. The van der Waals surface area contributed by atoms with E-state index < -0.39 is 43.1 Å². The maximum absolute atomic E-state index is 12.1. The number of urea groups is 1. The van der Waals surface area contributed by atoms with Gasteiger partial charge in [-0.25, -0.2) is 4.79 Å². The van der Waals surface area contributed by atoms with E-state index in [0.29, 0.717) is 16.6 Å². The Balaban J connectivity index is -0.00000228. The van der Waals surface area contributed by atoms with Crippen molar-refractivity contribution in [3.8, 4) is 0 Å². The number of carboxylic acid groups (broad SMARTS) is 3. The molecule has 1 N–H and O–H groups in total. The normalized spacial score (nSPS) is 13.1. The molecule has 0 saturated heterocycles. The standard InChI is InChI=1S/C28H50N2O7S.3Na/c1-20(2)9-6-10-21(3)11-7-12-22(4)13-8-14-23(5)15-16-38-19-24(27(35)36)29-28(37)30(17-25(31)32)18-26(33)34;;;/h15,20-22,24H,6-14,16-19H2,1-5H3,(H,29,37)(H,31,32)(H,33,34)(H,35,36);;;/q;3*+1/p-3/b23-15+;;;. The number of nitrogens with zero attached hydrogens (tertiary/aromatic N) is 1. The van der Waals surface area contributed by atoms with Crippen LogP contribution in [0.5, 0.6) is 0 Å². The number of carbonyl (C=O) groups excluding carboxylic acids is 4. The van der Waals surface area contributed by atoms with Crippen LogP contribution in [0, 0.1) is 17.8 Å². The molecule has 0 saturated carbocycles. The zero-order valence-electron chi connectivity index (χ0n) is 26.8. The number of carbonyl (C=O) groups is 4. The van der Waals surface area contributed by atoms with Crippen molar-refractivity contribution in [2.45, 2.75) is 98.4 Å². The molecule has 0 heterocycles. The Labute approximate surface area is 318 Å². The maximum Gasteiger partial charge on any atom is 1.00 e. The van der Waals surface area contributed by atoms with Crippen molar-refractivity contribution in [3.63, 3.8) is 0 Å². The Bertz CT molecular complexity index is 757. The van der Waals surface area contributed by atoms with Crippen LogP contribution in [0.2, 0.25) is 0 Å². The Kier molecular flexibility index (Phi) is 35.0. The average Bonchev–Trinajstić information content (AvgIpc) is 2.79. The van der Waals surface area contributed by atoms with Crippen LogP contribution >= 0.6 is 11.8 Å². The summed E-state index contributed by atoms with van der Waals surface area (Å²) in [5.74, 6) is -2.11. The van der Waals surface area contributed by atoms with Gasteiger partial charge in [-0.2, -0.15) is 11.8 Å². The summed E-state index contributed by atoms with van der Waals surface area (Å²) in [6.45, 7) is 9.26. The second-order valence-corrected chi connectivity index (χ2v) is 11.9. The summed E-state index contributed by atoms with van der Waals surface area (Å²) in [7, 11) is 0. The number of rotatable bonds is 22. The number of aliphatic carboxylic acids is 3. The summed E-state index contributed by atoms with van der Waals surface area (Å²) in [6, 6.07) is -2.57. The van der Waals surface area contributed by atoms with E-state index in [1.807, 2.05) is 13.0 Å². The maximum atomic E-state index is 12.1. The quantitative estimate of drug-likeness (QED) is 0.0709. The van der Waals surface area contributed by atoms with Gasteiger partial charge in [-0.15, -0.1) is 0 Å². The van der Waals surface area contributed by atoms with Gasteiger partial charge in [0.05, 0.1) is 37.0 Å². The molecule has 0 aromatic heterocycles. The Morgan fingerprint density at radius 2 is 1.24 bits per heavy atom. The molecule has 0 spiro atoms. The molecule has 2 amide bonds. The fourth-order valence-corrected chi connectivity index (χ4v) is 5.11. The van der Waals surface area contributed by atoms with Crippen molar-refractivity contribution in [2.75, 3.05) is 24.6 Å². The van der Waals surface area contributed by atoms with E-state index in [9.17, 15) is 34.5 Å². The van der Waals surface area contributed by atoms with Crippen LogP contribution in [0.4, 0.5) is 4.79 Å². The van der Waals surface area contributed by atoms with Crippen LogP contribution in [0.25, 0.3) is 0 Å². The van der Waals surface area contributed by atoms with E-state index in [1.54, 1.807) is 0 Å². The summed E-state index contributed by atoms with van der Waals surface area (Å²) in [5.41, 5.74) is 1.21. The van der Waals surface area contributed by atoms with Gasteiger partial charge < -0.3 is 39.9 Å². The van der Waals surface area contributed by atoms with Gasteiger partial charge in [0.1, 0.15) is 0 Å². The monoisotopic (exact) mass is 624 g/mol. The summed E-state index contributed by atoms with van der Waals surface area (Å²) >= 11 is 1.27. The van der Waals surface area contributed by atoms with Crippen LogP contribution in [-0.2, 0) is 14.4 Å². The van der Waals surface area contributed by atoms with Gasteiger partial charge in [0.25, 0.3) is 0 Å². The molecule has 0 rings (SSSR count). The van der Waals surface area contributed by atoms with Gasteiger partial charge in [0.2, 0.25) is 0 Å². The molecule has 0 aromatic carbocycles. The summed E-state index contributed by atoms with van der Waals surface area (Å²) in [4.78, 5) is 45.4. The predicted molar refractivity (Wildman–Crippen MR) is 145 cm³/mol. The molecule has 0 aliphatic heterocycles. The number of hydrogen-bond donors (Lipinski definition) is 1. The smallest absolute Gasteiger partial charge is 0.548 e. The third-order valence-corrected chi connectivity index (χ3v) is 7.46. The summed E-state index contributed by atoms with van der Waals surface area (Å²) < 4.78 is 0. The minimum Gasteiger partial charge on any atom is -0.548 e. The van der Waals surface area contributed by atoms with Gasteiger partial charge in [-0.05, 0) is 37.5 Å². The first kappa shape index (κ1) is 48.7. The van der Waals surface area contributed by atoms with Gasteiger partial charge in [-0.1, -0.05) is 84.3 Å². The first-order valence-corrected chi connectivity index (χ1v) is 14.9. The molecule has 220 valence electrons. The van der Waals surface area contributed by atoms with Crippen LogP contribution in [0.1, 0.15) is 92.4 Å². The molecule has 0 radical (unpaired) electrons. The van der Waals surface area contributed by atoms with Crippen molar-refractivity contribution in [3.05, 3.63) is 11.6 Å². The number of carboxylic acids is 3. The molecule has 41 heavy (non-hydrogen) atoms. The molecular formula is C28H47N2Na3O7S. The Morgan fingerprint density at radius 3 is 1.68 bits per heavy atom. The van der Waals surface area contributed by atoms with Crippen molar-refractivity contribution in [2.24, 2.45) is 17.8 Å². The van der Waals surface area contributed by atoms with E-state index in [-0.39, 0.29) is 94.4 Å². The second-order valence-electron chi connectivity index (χ2n) is 10.9. The largest absolute Gasteiger partial charge is 1.00 e. The fourth-order valence-electron chi connectivity index (χ4n) is 4.12. The zero-order chi connectivity index (χ0) is 29.1. The summed E-state index contributed by atoms with van der Waals surface area (Å²) in [5, 5.41) is 35.0. The van der Waals surface area contributed by atoms with Crippen molar-refractivity contribution < 1.29 is 123 Å². The van der Waals surface area contributed by atoms with Gasteiger partial charge in [-0.3, -0.25) is 0 Å². The van der Waals surface area contributed by atoms with E-state index >= 15 is 0 Å². The Hall–Kier alpha value is 0.770. The minimum absolute atomic E-state index is 0. The fraction of sp³-hybridized carbons (Fsp3) is 0.786. The second kappa shape index (κ2) is 29.5. The first-order valence-electron chi connectivity index (χ1n) is 13.7. The van der Waals surface area contributed by atoms with E-state index in [4.69, 9.17) is 0 Å². The first-order chi connectivity index (χ1) is 17.8. The van der Waals surface area contributed by atoms with Crippen LogP contribution in [-0.4, -0.2) is 59.5 Å². The molecular weight excluding hydrogens is 577 g/mol. The molecule has 0 bridgehead atoms. The van der Waals surface area contributed by atoms with Crippen molar-refractivity contribution in [1.82, 2.24) is 10.2 Å². The third kappa shape index (κ3) is 29.3. The minimum atomic E-state index is -1.68. The van der Waals surface area contributed by atoms with Gasteiger partial charge >= 0.3 is 94.7 Å². The molecule has 0 aromatic rings. The molecule has 3 atom stereocenters.